The molecule has 4 N–H and O–H groups in total. The Morgan fingerprint density at radius 1 is 0.976 bits per heavy atom. The fraction of sp³-hybridized carbons (Fsp3) is 0.323. The second-order valence-corrected chi connectivity index (χ2v) is 11.0. The van der Waals surface area contributed by atoms with E-state index in [9.17, 15) is 9.59 Å². The van der Waals surface area contributed by atoms with E-state index >= 15 is 0 Å². The predicted molar refractivity (Wildman–Crippen MR) is 162 cm³/mol. The number of halogens is 1. The summed E-state index contributed by atoms with van der Waals surface area (Å²) < 4.78 is 1.77. The lowest BCUT2D eigenvalue weighted by Crippen LogP contribution is -2.41. The van der Waals surface area contributed by atoms with Crippen LogP contribution < -0.4 is 16.0 Å². The zero-order valence-electron chi connectivity index (χ0n) is 23.2. The summed E-state index contributed by atoms with van der Waals surface area (Å²) in [5.41, 5.74) is 2.07. The van der Waals surface area contributed by atoms with Gasteiger partial charge in [0.05, 0.1) is 5.56 Å². The average molecular weight is 588 g/mol. The summed E-state index contributed by atoms with van der Waals surface area (Å²) in [5, 5.41) is 19.5. The lowest BCUT2D eigenvalue weighted by molar-refractivity contribution is -0.122. The summed E-state index contributed by atoms with van der Waals surface area (Å²) in [6.07, 6.45) is 11.6. The normalized spacial score (nSPS) is 14.2. The molecule has 4 aromatic rings. The van der Waals surface area contributed by atoms with Gasteiger partial charge in [0.2, 0.25) is 11.9 Å². The number of carbonyl (C=O) groups excluding carboxylic acids is 1. The fourth-order valence-corrected chi connectivity index (χ4v) is 5.27. The molecule has 2 aromatic carbocycles. The predicted octanol–water partition coefficient (Wildman–Crippen LogP) is 5.69. The third-order valence-electron chi connectivity index (χ3n) is 7.45. The summed E-state index contributed by atoms with van der Waals surface area (Å²) in [4.78, 5) is 38.2. The quantitative estimate of drug-likeness (QED) is 0.166. The molecule has 0 unspecified atom stereocenters. The van der Waals surface area contributed by atoms with Crippen LogP contribution in [0.5, 0.6) is 0 Å². The summed E-state index contributed by atoms with van der Waals surface area (Å²) >= 11 is 6.02. The molecule has 42 heavy (non-hydrogen) atoms. The van der Waals surface area contributed by atoms with Gasteiger partial charge < -0.3 is 21.1 Å². The van der Waals surface area contributed by atoms with Gasteiger partial charge in [0.15, 0.2) is 0 Å². The summed E-state index contributed by atoms with van der Waals surface area (Å²) in [6, 6.07) is 15.4. The Bertz CT molecular complexity index is 1470. The van der Waals surface area contributed by atoms with E-state index in [1.165, 1.54) is 19.3 Å². The number of amides is 1. The first kappa shape index (κ1) is 29.1. The molecule has 0 radical (unpaired) electrons. The van der Waals surface area contributed by atoms with Crippen molar-refractivity contribution in [3.63, 3.8) is 0 Å². The summed E-state index contributed by atoms with van der Waals surface area (Å²) in [5.74, 6) is 0.863. The molecule has 10 nitrogen and oxygen atoms in total. The summed E-state index contributed by atoms with van der Waals surface area (Å²) in [6.45, 7) is 0.788. The van der Waals surface area contributed by atoms with Crippen molar-refractivity contribution in [2.75, 3.05) is 10.6 Å². The van der Waals surface area contributed by atoms with E-state index in [4.69, 9.17) is 21.7 Å². The minimum atomic E-state index is -0.971. The maximum absolute atomic E-state index is 13.5. The molecule has 2 heterocycles. The van der Waals surface area contributed by atoms with Crippen molar-refractivity contribution < 1.29 is 14.7 Å². The zero-order valence-corrected chi connectivity index (χ0v) is 23.9. The first-order valence-electron chi connectivity index (χ1n) is 14.1. The van der Waals surface area contributed by atoms with Crippen LogP contribution >= 0.6 is 11.6 Å². The van der Waals surface area contributed by atoms with E-state index in [1.54, 1.807) is 53.6 Å². The number of aromatic carboxylic acids is 1. The number of carbonyl (C=O) groups is 2. The number of nitrogens with one attached hydrogen (secondary N) is 3. The van der Waals surface area contributed by atoms with Gasteiger partial charge in [0.1, 0.15) is 24.0 Å². The second-order valence-electron chi connectivity index (χ2n) is 10.5. The van der Waals surface area contributed by atoms with Crippen molar-refractivity contribution in [1.29, 1.82) is 0 Å². The molecular weight excluding hydrogens is 554 g/mol. The third kappa shape index (κ3) is 8.07. The van der Waals surface area contributed by atoms with Gasteiger partial charge in [-0.2, -0.15) is 9.97 Å². The topological polar surface area (TPSA) is 134 Å². The average Bonchev–Trinajstić information content (AvgIpc) is 3.55. The maximum atomic E-state index is 13.5. The first-order valence-corrected chi connectivity index (χ1v) is 14.5. The Kier molecular flexibility index (Phi) is 9.66. The highest BCUT2D eigenvalue weighted by Crippen LogP contribution is 2.28. The van der Waals surface area contributed by atoms with E-state index in [2.05, 4.69) is 25.9 Å². The van der Waals surface area contributed by atoms with E-state index in [0.717, 1.165) is 24.0 Å². The molecule has 1 aliphatic rings. The number of anilines is 2. The number of carboxylic acids is 1. The molecule has 2 aromatic heterocycles. The monoisotopic (exact) mass is 587 g/mol. The van der Waals surface area contributed by atoms with E-state index in [0.29, 0.717) is 48.0 Å². The van der Waals surface area contributed by atoms with Gasteiger partial charge in [0.25, 0.3) is 0 Å². The third-order valence-corrected chi connectivity index (χ3v) is 7.70. The second kappa shape index (κ2) is 14.0. The van der Waals surface area contributed by atoms with Crippen LogP contribution in [0, 0.1) is 5.92 Å². The van der Waals surface area contributed by atoms with Crippen molar-refractivity contribution in [2.45, 2.75) is 57.7 Å². The molecule has 0 bridgehead atoms. The lowest BCUT2D eigenvalue weighted by Gasteiger charge is -2.27. The smallest absolute Gasteiger partial charge is 0.335 e. The number of hydrogen-bond donors (Lipinski definition) is 4. The van der Waals surface area contributed by atoms with Gasteiger partial charge in [-0.1, -0.05) is 68.0 Å². The molecule has 1 amide bonds. The van der Waals surface area contributed by atoms with Crippen LogP contribution in [0.2, 0.25) is 5.02 Å². The van der Waals surface area contributed by atoms with Gasteiger partial charge >= 0.3 is 5.97 Å². The fourth-order valence-electron chi connectivity index (χ4n) is 5.14. The molecule has 1 fully saturated rings. The van der Waals surface area contributed by atoms with Crippen LogP contribution in [-0.2, 0) is 17.9 Å². The Balaban J connectivity index is 1.35. The Morgan fingerprint density at radius 3 is 2.38 bits per heavy atom. The van der Waals surface area contributed by atoms with Gasteiger partial charge in [-0.15, -0.1) is 0 Å². The number of imidazole rings is 1. The Morgan fingerprint density at radius 2 is 1.69 bits per heavy atom. The molecule has 218 valence electrons. The Labute approximate surface area is 249 Å². The highest BCUT2D eigenvalue weighted by atomic mass is 35.5. The molecule has 5 rings (SSSR count). The van der Waals surface area contributed by atoms with Crippen molar-refractivity contribution in [3.8, 4) is 5.82 Å². The van der Waals surface area contributed by atoms with E-state index in [-0.39, 0.29) is 11.5 Å². The van der Waals surface area contributed by atoms with E-state index < -0.39 is 12.0 Å². The van der Waals surface area contributed by atoms with Gasteiger partial charge in [-0.3, -0.25) is 9.36 Å². The van der Waals surface area contributed by atoms with Crippen LogP contribution in [0.15, 0.2) is 73.3 Å². The molecule has 1 saturated carbocycles. The van der Waals surface area contributed by atoms with Crippen molar-refractivity contribution in [2.24, 2.45) is 5.92 Å². The van der Waals surface area contributed by atoms with Crippen LogP contribution in [-0.4, -0.2) is 42.5 Å². The van der Waals surface area contributed by atoms with Crippen LogP contribution in [0.3, 0.4) is 0 Å². The molecular formula is C31H34ClN7O3. The number of rotatable bonds is 12. The minimum Gasteiger partial charge on any atom is -0.478 e. The molecule has 0 saturated heterocycles. The molecule has 1 aliphatic carbocycles. The largest absolute Gasteiger partial charge is 0.478 e. The SMILES string of the molecule is O=C(O)c1ccc(CNc2nc(N[C@H](CC3CCCCC3)C(=O)NCc3ccc(Cl)cc3)cc(-n3ccnc3)n2)cc1. The molecule has 0 spiro atoms. The van der Waals surface area contributed by atoms with Crippen molar-refractivity contribution in [3.05, 3.63) is 95.0 Å². The number of hydrogen-bond acceptors (Lipinski definition) is 7. The van der Waals surface area contributed by atoms with Gasteiger partial charge in [0, 0.05) is 36.6 Å². The van der Waals surface area contributed by atoms with E-state index in [1.807, 2.05) is 24.3 Å². The molecule has 1 atom stereocenters. The highest BCUT2D eigenvalue weighted by molar-refractivity contribution is 6.30. The first-order chi connectivity index (χ1) is 20.4. The van der Waals surface area contributed by atoms with Gasteiger partial charge in [-0.25, -0.2) is 9.78 Å². The number of nitrogens with zero attached hydrogens (tertiary/aromatic N) is 4. The number of carboxylic acid groups (broad SMARTS) is 1. The van der Waals surface area contributed by atoms with Crippen LogP contribution in [0.1, 0.15) is 60.0 Å². The standard InChI is InChI=1S/C31H34ClN7O3/c32-25-12-8-23(9-13-25)18-34-29(40)26(16-21-4-2-1-3-5-21)36-27-17-28(39-15-14-33-20-39)38-31(37-27)35-19-22-6-10-24(11-7-22)30(41)42/h6-15,17,20-21,26H,1-5,16,18-19H2,(H,34,40)(H,41,42)(H2,35,36,37,38)/t26-/m1/s1. The number of aromatic nitrogens is 4. The van der Waals surface area contributed by atoms with Crippen LogP contribution in [0.25, 0.3) is 5.82 Å². The molecule has 0 aliphatic heterocycles. The van der Waals surface area contributed by atoms with Crippen LogP contribution in [0.4, 0.5) is 11.8 Å². The van der Waals surface area contributed by atoms with Crippen molar-refractivity contribution >= 4 is 35.2 Å². The Hall–Kier alpha value is -4.44. The highest BCUT2D eigenvalue weighted by Gasteiger charge is 2.25. The summed E-state index contributed by atoms with van der Waals surface area (Å²) in [7, 11) is 0. The van der Waals surface area contributed by atoms with Crippen molar-refractivity contribution in [1.82, 2.24) is 24.8 Å². The molecule has 11 heteroatoms. The zero-order chi connectivity index (χ0) is 29.3. The number of benzene rings is 2. The van der Waals surface area contributed by atoms with Gasteiger partial charge in [-0.05, 0) is 47.7 Å². The minimum absolute atomic E-state index is 0.0913. The maximum Gasteiger partial charge on any atom is 0.335 e. The lowest BCUT2D eigenvalue weighted by atomic mass is 9.84.